The van der Waals surface area contributed by atoms with Gasteiger partial charge in [-0.15, -0.1) is 0 Å². The number of carbonyl (C=O) groups is 1. The van der Waals surface area contributed by atoms with Gasteiger partial charge in [0.05, 0.1) is 18.0 Å². The predicted octanol–water partition coefficient (Wildman–Crippen LogP) is 3.85. The molecule has 0 aromatic heterocycles. The van der Waals surface area contributed by atoms with Gasteiger partial charge in [-0.2, -0.15) is 0 Å². The summed E-state index contributed by atoms with van der Waals surface area (Å²) in [6, 6.07) is 12.1. The summed E-state index contributed by atoms with van der Waals surface area (Å²) in [4.78, 5) is 14.4. The summed E-state index contributed by atoms with van der Waals surface area (Å²) >= 11 is 5.90. The molecule has 2 rings (SSSR count). The summed E-state index contributed by atoms with van der Waals surface area (Å²) in [7, 11) is -1.70. The SMILES string of the molecule is Cc1ccc(C(=O)N(C)C(C)c2ccc(Cl)cc2)cc1NS(C)(=O)=O. The average Bonchev–Trinajstić information content (AvgIpc) is 2.54. The van der Waals surface area contributed by atoms with Gasteiger partial charge in [-0.25, -0.2) is 8.42 Å². The van der Waals surface area contributed by atoms with Crippen LogP contribution in [0.4, 0.5) is 5.69 Å². The van der Waals surface area contributed by atoms with Crippen LogP contribution in [0.3, 0.4) is 0 Å². The minimum Gasteiger partial charge on any atom is -0.335 e. The summed E-state index contributed by atoms with van der Waals surface area (Å²) in [6.45, 7) is 3.70. The zero-order chi connectivity index (χ0) is 18.8. The van der Waals surface area contributed by atoms with Gasteiger partial charge in [0.15, 0.2) is 0 Å². The first-order chi connectivity index (χ1) is 11.6. The predicted molar refractivity (Wildman–Crippen MR) is 102 cm³/mol. The van der Waals surface area contributed by atoms with Gasteiger partial charge in [0.25, 0.3) is 5.91 Å². The van der Waals surface area contributed by atoms with E-state index in [1.165, 1.54) is 0 Å². The molecule has 0 fully saturated rings. The van der Waals surface area contributed by atoms with E-state index in [9.17, 15) is 13.2 Å². The third kappa shape index (κ3) is 4.96. The Bertz CT molecular complexity index is 880. The number of anilines is 1. The van der Waals surface area contributed by atoms with Crippen molar-refractivity contribution in [2.45, 2.75) is 19.9 Å². The Morgan fingerprint density at radius 1 is 1.16 bits per heavy atom. The fourth-order valence-electron chi connectivity index (χ4n) is 2.41. The Kier molecular flexibility index (Phi) is 5.75. The highest BCUT2D eigenvalue weighted by atomic mass is 35.5. The fourth-order valence-corrected chi connectivity index (χ4v) is 3.15. The quantitative estimate of drug-likeness (QED) is 0.856. The smallest absolute Gasteiger partial charge is 0.254 e. The summed E-state index contributed by atoms with van der Waals surface area (Å²) in [5.41, 5.74) is 2.53. The lowest BCUT2D eigenvalue weighted by Crippen LogP contribution is -2.29. The molecule has 0 radical (unpaired) electrons. The Morgan fingerprint density at radius 2 is 1.76 bits per heavy atom. The van der Waals surface area contributed by atoms with Gasteiger partial charge in [-0.1, -0.05) is 29.8 Å². The van der Waals surface area contributed by atoms with Crippen LogP contribution < -0.4 is 4.72 Å². The number of hydrogen-bond donors (Lipinski definition) is 1. The van der Waals surface area contributed by atoms with Crippen LogP contribution in [0.5, 0.6) is 0 Å². The first-order valence-corrected chi connectivity index (χ1v) is 9.96. The number of nitrogens with one attached hydrogen (secondary N) is 1. The van der Waals surface area contributed by atoms with Gasteiger partial charge in [0.2, 0.25) is 10.0 Å². The number of aryl methyl sites for hydroxylation is 1. The zero-order valence-corrected chi connectivity index (χ0v) is 16.1. The first kappa shape index (κ1) is 19.3. The Labute approximate surface area is 153 Å². The van der Waals surface area contributed by atoms with Crippen LogP contribution in [0.2, 0.25) is 5.02 Å². The van der Waals surface area contributed by atoms with Gasteiger partial charge >= 0.3 is 0 Å². The first-order valence-electron chi connectivity index (χ1n) is 7.69. The molecule has 25 heavy (non-hydrogen) atoms. The molecule has 1 atom stereocenters. The number of rotatable bonds is 5. The minimum atomic E-state index is -3.41. The molecule has 1 unspecified atom stereocenters. The molecular formula is C18H21ClN2O3S. The molecule has 1 amide bonds. The van der Waals surface area contributed by atoms with Crippen molar-refractivity contribution in [3.63, 3.8) is 0 Å². The van der Waals surface area contributed by atoms with E-state index in [0.717, 1.165) is 17.4 Å². The van der Waals surface area contributed by atoms with Crippen molar-refractivity contribution in [3.8, 4) is 0 Å². The number of sulfonamides is 1. The van der Waals surface area contributed by atoms with E-state index in [1.807, 2.05) is 19.1 Å². The van der Waals surface area contributed by atoms with Crippen molar-refractivity contribution < 1.29 is 13.2 Å². The van der Waals surface area contributed by atoms with E-state index in [-0.39, 0.29) is 11.9 Å². The van der Waals surface area contributed by atoms with Crippen molar-refractivity contribution in [1.29, 1.82) is 0 Å². The van der Waals surface area contributed by atoms with E-state index in [0.29, 0.717) is 16.3 Å². The standard InChI is InChI=1S/C18H21ClN2O3S/c1-12-5-6-15(11-17(12)20-25(4,23)24)18(22)21(3)13(2)14-7-9-16(19)10-8-14/h5-11,13,20H,1-4H3. The Hall–Kier alpha value is -2.05. The molecule has 0 bridgehead atoms. The molecule has 134 valence electrons. The normalized spacial score (nSPS) is 12.5. The van der Waals surface area contributed by atoms with Crippen molar-refractivity contribution in [1.82, 2.24) is 4.90 Å². The second-order valence-corrected chi connectivity index (χ2v) is 8.23. The van der Waals surface area contributed by atoms with E-state index in [1.54, 1.807) is 49.2 Å². The maximum Gasteiger partial charge on any atom is 0.254 e. The largest absolute Gasteiger partial charge is 0.335 e. The highest BCUT2D eigenvalue weighted by Gasteiger charge is 2.20. The molecule has 1 N–H and O–H groups in total. The van der Waals surface area contributed by atoms with Crippen molar-refractivity contribution >= 4 is 33.2 Å². The molecule has 0 heterocycles. The molecule has 2 aromatic carbocycles. The topological polar surface area (TPSA) is 66.5 Å². The second kappa shape index (κ2) is 7.45. The second-order valence-electron chi connectivity index (χ2n) is 6.05. The third-order valence-electron chi connectivity index (χ3n) is 4.03. The van der Waals surface area contributed by atoms with Gasteiger partial charge < -0.3 is 4.90 Å². The molecule has 0 aliphatic carbocycles. The van der Waals surface area contributed by atoms with E-state index < -0.39 is 10.0 Å². The minimum absolute atomic E-state index is 0.155. The molecule has 0 aliphatic rings. The molecule has 0 saturated heterocycles. The van der Waals surface area contributed by atoms with Crippen LogP contribution in [0, 0.1) is 6.92 Å². The Morgan fingerprint density at radius 3 is 2.32 bits per heavy atom. The van der Waals surface area contributed by atoms with Crippen molar-refractivity contribution in [2.75, 3.05) is 18.0 Å². The number of nitrogens with zero attached hydrogens (tertiary/aromatic N) is 1. The molecule has 0 aliphatic heterocycles. The van der Waals surface area contributed by atoms with Gasteiger partial charge in [0, 0.05) is 17.6 Å². The molecule has 7 heteroatoms. The highest BCUT2D eigenvalue weighted by molar-refractivity contribution is 7.92. The van der Waals surface area contributed by atoms with Crippen molar-refractivity contribution in [2.24, 2.45) is 0 Å². The number of benzene rings is 2. The maximum atomic E-state index is 12.8. The van der Waals surface area contributed by atoms with Crippen LogP contribution in [-0.4, -0.2) is 32.5 Å². The van der Waals surface area contributed by atoms with Crippen LogP contribution in [-0.2, 0) is 10.0 Å². The number of hydrogen-bond acceptors (Lipinski definition) is 3. The molecule has 5 nitrogen and oxygen atoms in total. The summed E-state index contributed by atoms with van der Waals surface area (Å²) in [6.07, 6.45) is 1.08. The fraction of sp³-hybridized carbons (Fsp3) is 0.278. The van der Waals surface area contributed by atoms with E-state index in [2.05, 4.69) is 4.72 Å². The molecular weight excluding hydrogens is 360 g/mol. The number of halogens is 1. The molecule has 0 saturated carbocycles. The number of carbonyl (C=O) groups excluding carboxylic acids is 1. The van der Waals surface area contributed by atoms with Gasteiger partial charge in [-0.05, 0) is 49.2 Å². The monoisotopic (exact) mass is 380 g/mol. The number of amides is 1. The van der Waals surface area contributed by atoms with E-state index in [4.69, 9.17) is 11.6 Å². The lowest BCUT2D eigenvalue weighted by atomic mass is 10.1. The van der Waals surface area contributed by atoms with Crippen LogP contribution >= 0.6 is 11.6 Å². The van der Waals surface area contributed by atoms with Crippen LogP contribution in [0.25, 0.3) is 0 Å². The molecule has 0 spiro atoms. The summed E-state index contributed by atoms with van der Waals surface area (Å²) in [5.74, 6) is -0.195. The van der Waals surface area contributed by atoms with Crippen molar-refractivity contribution in [3.05, 3.63) is 64.2 Å². The van der Waals surface area contributed by atoms with E-state index >= 15 is 0 Å². The van der Waals surface area contributed by atoms with Crippen LogP contribution in [0.1, 0.15) is 34.5 Å². The third-order valence-corrected chi connectivity index (χ3v) is 4.88. The van der Waals surface area contributed by atoms with Crippen LogP contribution in [0.15, 0.2) is 42.5 Å². The summed E-state index contributed by atoms with van der Waals surface area (Å²) in [5, 5.41) is 0.639. The lowest BCUT2D eigenvalue weighted by Gasteiger charge is -2.26. The lowest BCUT2D eigenvalue weighted by molar-refractivity contribution is 0.0742. The average molecular weight is 381 g/mol. The molecule has 2 aromatic rings. The van der Waals surface area contributed by atoms with Gasteiger partial charge in [0.1, 0.15) is 0 Å². The van der Waals surface area contributed by atoms with Gasteiger partial charge in [-0.3, -0.25) is 9.52 Å². The maximum absolute atomic E-state index is 12.8. The highest BCUT2D eigenvalue weighted by Crippen LogP contribution is 2.24. The Balaban J connectivity index is 2.27. The summed E-state index contributed by atoms with van der Waals surface area (Å²) < 4.78 is 25.4. The zero-order valence-electron chi connectivity index (χ0n) is 14.6.